The summed E-state index contributed by atoms with van der Waals surface area (Å²) < 4.78 is 0. The summed E-state index contributed by atoms with van der Waals surface area (Å²) in [6, 6.07) is 15.5. The zero-order valence-electron chi connectivity index (χ0n) is 22.6. The molecule has 0 bridgehead atoms. The zero-order valence-corrected chi connectivity index (χ0v) is 22.6. The van der Waals surface area contributed by atoms with Crippen molar-refractivity contribution in [3.8, 4) is 0 Å². The van der Waals surface area contributed by atoms with Crippen LogP contribution >= 0.6 is 0 Å². The summed E-state index contributed by atoms with van der Waals surface area (Å²) in [5.41, 5.74) is 2.80. The Morgan fingerprint density at radius 2 is 1.11 bits per heavy atom. The number of para-hydroxylation sites is 2. The highest BCUT2D eigenvalue weighted by Gasteiger charge is 2.73. The summed E-state index contributed by atoms with van der Waals surface area (Å²) in [5.74, 6) is 0.0733. The number of allylic oxidation sites excluding steroid dienone is 2. The summed E-state index contributed by atoms with van der Waals surface area (Å²) in [6.45, 7) is 17.1. The van der Waals surface area contributed by atoms with Gasteiger partial charge in [-0.05, 0) is 46.9 Å². The predicted molar refractivity (Wildman–Crippen MR) is 150 cm³/mol. The van der Waals surface area contributed by atoms with Crippen molar-refractivity contribution in [2.24, 2.45) is 10.8 Å². The molecule has 5 aliphatic rings. The molecule has 0 unspecified atom stereocenters. The van der Waals surface area contributed by atoms with Crippen LogP contribution < -0.4 is 10.6 Å². The van der Waals surface area contributed by atoms with E-state index in [1.807, 2.05) is 46.2 Å². The lowest BCUT2D eigenvalue weighted by Crippen LogP contribution is -2.66. The van der Waals surface area contributed by atoms with Gasteiger partial charge in [-0.2, -0.15) is 0 Å². The van der Waals surface area contributed by atoms with Crippen molar-refractivity contribution in [1.29, 1.82) is 0 Å². The lowest BCUT2D eigenvalue weighted by molar-refractivity contribution is -0.160. The maximum absolute atomic E-state index is 14.6. The van der Waals surface area contributed by atoms with E-state index in [1.54, 1.807) is 0 Å². The minimum absolute atomic E-state index is 0.0366. The summed E-state index contributed by atoms with van der Waals surface area (Å²) in [6.07, 6.45) is 4.50. The van der Waals surface area contributed by atoms with Gasteiger partial charge in [-0.1, -0.05) is 76.2 Å². The van der Waals surface area contributed by atoms with E-state index in [0.29, 0.717) is 12.8 Å². The molecule has 3 fully saturated rings. The average molecular weight is 509 g/mol. The molecule has 38 heavy (non-hydrogen) atoms. The molecule has 3 saturated heterocycles. The van der Waals surface area contributed by atoms with E-state index in [9.17, 15) is 9.59 Å². The third kappa shape index (κ3) is 2.37. The number of anilines is 2. The van der Waals surface area contributed by atoms with Crippen molar-refractivity contribution >= 4 is 23.2 Å². The van der Waals surface area contributed by atoms with Crippen LogP contribution in [-0.2, 0) is 20.4 Å². The fraction of sp³-hybridized carbons (Fsp3) is 0.438. The van der Waals surface area contributed by atoms with E-state index in [2.05, 4.69) is 75.8 Å². The Hall–Kier alpha value is -3.54. The SMILES string of the molecule is C=CC(C)(C)[C@@]12C[C@H]3C(=O)N4[C@H](C[C@@]5(C(C)(C)C=C)c6ccccc6N[C@@H]45)C(=O)N3[C@H]1Nc1ccccc12. The molecule has 6 nitrogen and oxygen atoms in total. The first-order valence-corrected chi connectivity index (χ1v) is 13.7. The van der Waals surface area contributed by atoms with Crippen molar-refractivity contribution < 1.29 is 9.59 Å². The molecule has 2 N–H and O–H groups in total. The third-order valence-corrected chi connectivity index (χ3v) is 11.0. The number of nitrogens with one attached hydrogen (secondary N) is 2. The van der Waals surface area contributed by atoms with Gasteiger partial charge < -0.3 is 20.4 Å². The lowest BCUT2D eigenvalue weighted by atomic mass is 9.60. The van der Waals surface area contributed by atoms with E-state index in [4.69, 9.17) is 0 Å². The maximum atomic E-state index is 14.6. The highest BCUT2D eigenvalue weighted by Crippen LogP contribution is 2.64. The average Bonchev–Trinajstić information content (AvgIpc) is 3.62. The summed E-state index contributed by atoms with van der Waals surface area (Å²) in [7, 11) is 0. The first kappa shape index (κ1) is 23.6. The largest absolute Gasteiger partial charge is 0.364 e. The molecule has 0 saturated carbocycles. The smallest absolute Gasteiger partial charge is 0.247 e. The van der Waals surface area contributed by atoms with Gasteiger partial charge in [0.15, 0.2) is 0 Å². The zero-order chi connectivity index (χ0) is 26.8. The first-order valence-electron chi connectivity index (χ1n) is 13.7. The van der Waals surface area contributed by atoms with Crippen molar-refractivity contribution in [2.75, 3.05) is 10.6 Å². The van der Waals surface area contributed by atoms with E-state index in [0.717, 1.165) is 11.4 Å². The summed E-state index contributed by atoms with van der Waals surface area (Å²) in [5, 5.41) is 7.36. The molecule has 2 amide bonds. The Kier molecular flexibility index (Phi) is 4.40. The van der Waals surface area contributed by atoms with Crippen LogP contribution in [0.2, 0.25) is 0 Å². The Morgan fingerprint density at radius 3 is 1.47 bits per heavy atom. The van der Waals surface area contributed by atoms with Gasteiger partial charge in [-0.15, -0.1) is 13.2 Å². The van der Waals surface area contributed by atoms with Gasteiger partial charge in [-0.25, -0.2) is 0 Å². The van der Waals surface area contributed by atoms with Crippen LogP contribution in [0.3, 0.4) is 0 Å². The third-order valence-electron chi connectivity index (χ3n) is 11.0. The Labute approximate surface area is 224 Å². The van der Waals surface area contributed by atoms with E-state index in [1.165, 1.54) is 11.1 Å². The van der Waals surface area contributed by atoms with Gasteiger partial charge in [0.05, 0.1) is 0 Å². The molecule has 2 aromatic carbocycles. The molecule has 6 heteroatoms. The fourth-order valence-corrected chi connectivity index (χ4v) is 8.66. The van der Waals surface area contributed by atoms with Crippen LogP contribution in [0.1, 0.15) is 51.7 Å². The van der Waals surface area contributed by atoms with Gasteiger partial charge in [0.2, 0.25) is 11.8 Å². The lowest BCUT2D eigenvalue weighted by Gasteiger charge is -2.45. The van der Waals surface area contributed by atoms with Crippen LogP contribution in [-0.4, -0.2) is 46.0 Å². The van der Waals surface area contributed by atoms with E-state index < -0.39 is 22.9 Å². The molecule has 0 aliphatic carbocycles. The molecule has 196 valence electrons. The number of fused-ring (bicyclic) bond motifs is 10. The highest BCUT2D eigenvalue weighted by atomic mass is 16.2. The monoisotopic (exact) mass is 508 g/mol. The van der Waals surface area contributed by atoms with Crippen molar-refractivity contribution in [3.63, 3.8) is 0 Å². The van der Waals surface area contributed by atoms with Gasteiger partial charge in [-0.3, -0.25) is 9.59 Å². The Morgan fingerprint density at radius 1 is 0.737 bits per heavy atom. The van der Waals surface area contributed by atoms with Gasteiger partial charge in [0.1, 0.15) is 24.4 Å². The molecule has 2 aromatic rings. The molecule has 5 heterocycles. The summed E-state index contributed by atoms with van der Waals surface area (Å²) >= 11 is 0. The topological polar surface area (TPSA) is 64.7 Å². The highest BCUT2D eigenvalue weighted by molar-refractivity contribution is 6.00. The molecule has 0 radical (unpaired) electrons. The number of benzene rings is 2. The maximum Gasteiger partial charge on any atom is 0.247 e. The second-order valence-corrected chi connectivity index (χ2v) is 12.9. The van der Waals surface area contributed by atoms with Gasteiger partial charge >= 0.3 is 0 Å². The second-order valence-electron chi connectivity index (χ2n) is 12.9. The number of nitrogens with zero attached hydrogens (tertiary/aromatic N) is 2. The van der Waals surface area contributed by atoms with E-state index in [-0.39, 0.29) is 35.0 Å². The van der Waals surface area contributed by atoms with Gasteiger partial charge in [0.25, 0.3) is 0 Å². The number of hydrogen-bond donors (Lipinski definition) is 2. The van der Waals surface area contributed by atoms with Crippen LogP contribution in [0.5, 0.6) is 0 Å². The molecule has 5 aliphatic heterocycles. The van der Waals surface area contributed by atoms with Crippen LogP contribution in [0.4, 0.5) is 11.4 Å². The Bertz CT molecular complexity index is 1320. The van der Waals surface area contributed by atoms with Crippen LogP contribution in [0.25, 0.3) is 0 Å². The number of hydrogen-bond acceptors (Lipinski definition) is 4. The van der Waals surface area contributed by atoms with Crippen LogP contribution in [0.15, 0.2) is 73.8 Å². The van der Waals surface area contributed by atoms with Crippen LogP contribution in [0, 0.1) is 10.8 Å². The predicted octanol–water partition coefficient (Wildman–Crippen LogP) is 5.01. The molecule has 7 rings (SSSR count). The molecular formula is C32H36N4O2. The number of carbonyl (C=O) groups is 2. The van der Waals surface area contributed by atoms with Gasteiger partial charge in [0, 0.05) is 22.2 Å². The van der Waals surface area contributed by atoms with Crippen molar-refractivity contribution in [3.05, 3.63) is 85.0 Å². The number of rotatable bonds is 4. The number of piperazine rings is 1. The molecule has 6 atom stereocenters. The summed E-state index contributed by atoms with van der Waals surface area (Å²) in [4.78, 5) is 33.0. The second kappa shape index (κ2) is 7.10. The number of carbonyl (C=O) groups excluding carboxylic acids is 2. The van der Waals surface area contributed by atoms with Crippen molar-refractivity contribution in [1.82, 2.24) is 9.80 Å². The quantitative estimate of drug-likeness (QED) is 0.570. The standard InChI is InChI=1S/C32H36N4O2/c1-7-29(3,4)31-17-23-25(37)36-24(26(38)35(23)27(31)33-21-15-11-9-13-19(21)31)18-32(30(5,6)8-2)20-14-10-12-16-22(20)34-28(32)36/h7-16,23-24,27-28,33-34H,1-2,17-18H2,3-6H3/t23-,24+,27+,28-,31-,32-/m1/s1. The fourth-order valence-electron chi connectivity index (χ4n) is 8.66. The van der Waals surface area contributed by atoms with Crippen molar-refractivity contribution in [2.45, 2.75) is 75.8 Å². The minimum atomic E-state index is -0.531. The van der Waals surface area contributed by atoms with E-state index >= 15 is 0 Å². The molecule has 0 aromatic heterocycles. The molecule has 0 spiro atoms. The first-order chi connectivity index (χ1) is 18.1. The number of amides is 2. The normalized spacial score (nSPS) is 34.4. The molecular weight excluding hydrogens is 472 g/mol. The Balaban J connectivity index is 1.38. The minimum Gasteiger partial charge on any atom is -0.364 e.